The van der Waals surface area contributed by atoms with Gasteiger partial charge in [0.05, 0.1) is 10.8 Å². The van der Waals surface area contributed by atoms with Gasteiger partial charge in [-0.05, 0) is 24.3 Å². The zero-order valence-electron chi connectivity index (χ0n) is 14.1. The van der Waals surface area contributed by atoms with Crippen LogP contribution in [0.2, 0.25) is 0 Å². The Morgan fingerprint density at radius 3 is 2.33 bits per heavy atom. The summed E-state index contributed by atoms with van der Waals surface area (Å²) in [6, 6.07) is 14.0. The number of amides is 3. The number of carbonyl (C=O) groups excluding carboxylic acids is 3. The number of nitro benzene ring substituents is 1. The number of anilines is 1. The lowest BCUT2D eigenvalue weighted by Crippen LogP contribution is -2.45. The first kappa shape index (κ1) is 18.1. The van der Waals surface area contributed by atoms with Crippen LogP contribution in [0.4, 0.5) is 11.4 Å². The molecule has 1 heterocycles. The van der Waals surface area contributed by atoms with Gasteiger partial charge in [-0.3, -0.25) is 35.3 Å². The number of nitrogens with one attached hydrogen (secondary N) is 2. The van der Waals surface area contributed by atoms with Gasteiger partial charge >= 0.3 is 0 Å². The minimum Gasteiger partial charge on any atom is -0.312 e. The molecule has 27 heavy (non-hydrogen) atoms. The molecule has 3 amide bonds. The van der Waals surface area contributed by atoms with E-state index in [0.717, 1.165) is 0 Å². The van der Waals surface area contributed by atoms with Crippen molar-refractivity contribution in [3.8, 4) is 0 Å². The van der Waals surface area contributed by atoms with E-state index in [1.165, 1.54) is 29.2 Å². The molecule has 0 unspecified atom stereocenters. The molecule has 3 rings (SSSR count). The molecule has 1 atom stereocenters. The van der Waals surface area contributed by atoms with Crippen molar-refractivity contribution in [3.63, 3.8) is 0 Å². The van der Waals surface area contributed by atoms with Gasteiger partial charge < -0.3 is 4.90 Å². The summed E-state index contributed by atoms with van der Waals surface area (Å²) in [7, 11) is 0. The van der Waals surface area contributed by atoms with Crippen LogP contribution in [-0.4, -0.2) is 29.2 Å². The maximum atomic E-state index is 12.3. The number of rotatable bonds is 4. The third kappa shape index (κ3) is 4.09. The molecule has 0 bridgehead atoms. The van der Waals surface area contributed by atoms with Gasteiger partial charge in [-0.15, -0.1) is 0 Å². The predicted octanol–water partition coefficient (Wildman–Crippen LogP) is 1.41. The molecule has 9 heteroatoms. The predicted molar refractivity (Wildman–Crippen MR) is 95.6 cm³/mol. The number of non-ortho nitro benzene ring substituents is 1. The highest BCUT2D eigenvalue weighted by Gasteiger charge is 2.35. The Kier molecular flexibility index (Phi) is 5.11. The number of hydrogen-bond donors (Lipinski definition) is 2. The van der Waals surface area contributed by atoms with Gasteiger partial charge in [0, 0.05) is 36.3 Å². The Morgan fingerprint density at radius 1 is 1.04 bits per heavy atom. The van der Waals surface area contributed by atoms with E-state index in [0.29, 0.717) is 5.69 Å². The molecule has 138 valence electrons. The van der Waals surface area contributed by atoms with Gasteiger partial charge in [-0.1, -0.05) is 18.2 Å². The smallest absolute Gasteiger partial charge is 0.269 e. The quantitative estimate of drug-likeness (QED) is 0.624. The number of benzene rings is 2. The molecule has 0 saturated carbocycles. The number of hydrazine groups is 1. The fourth-order valence-corrected chi connectivity index (χ4v) is 2.77. The summed E-state index contributed by atoms with van der Waals surface area (Å²) in [5.41, 5.74) is 5.30. The highest BCUT2D eigenvalue weighted by atomic mass is 16.6. The van der Waals surface area contributed by atoms with E-state index in [-0.39, 0.29) is 30.1 Å². The molecule has 0 aromatic heterocycles. The highest BCUT2D eigenvalue weighted by Crippen LogP contribution is 2.24. The SMILES string of the molecule is O=C(NNC(=O)[C@H]1CC(=O)N(c2ccccc2)C1)c1ccc([N+](=O)[O-])cc1. The lowest BCUT2D eigenvalue weighted by molar-refractivity contribution is -0.384. The van der Waals surface area contributed by atoms with Gasteiger partial charge in [0.1, 0.15) is 0 Å². The number of carbonyl (C=O) groups is 3. The average molecular weight is 368 g/mol. The topological polar surface area (TPSA) is 122 Å². The summed E-state index contributed by atoms with van der Waals surface area (Å²) in [5, 5.41) is 10.6. The Bertz CT molecular complexity index is 882. The Balaban J connectivity index is 1.55. The lowest BCUT2D eigenvalue weighted by atomic mass is 10.1. The van der Waals surface area contributed by atoms with Crippen LogP contribution in [0.15, 0.2) is 54.6 Å². The summed E-state index contributed by atoms with van der Waals surface area (Å²) in [4.78, 5) is 48.0. The summed E-state index contributed by atoms with van der Waals surface area (Å²) in [6.07, 6.45) is 0.0497. The van der Waals surface area contributed by atoms with Crippen LogP contribution in [0.3, 0.4) is 0 Å². The van der Waals surface area contributed by atoms with Crippen molar-refractivity contribution in [1.29, 1.82) is 0 Å². The Morgan fingerprint density at radius 2 is 1.70 bits per heavy atom. The van der Waals surface area contributed by atoms with Crippen molar-refractivity contribution in [3.05, 3.63) is 70.3 Å². The third-order valence-electron chi connectivity index (χ3n) is 4.20. The van der Waals surface area contributed by atoms with E-state index in [4.69, 9.17) is 0 Å². The number of nitro groups is 1. The second-order valence-electron chi connectivity index (χ2n) is 5.99. The second kappa shape index (κ2) is 7.65. The fraction of sp³-hybridized carbons (Fsp3) is 0.167. The van der Waals surface area contributed by atoms with Crippen LogP contribution in [0.25, 0.3) is 0 Å². The lowest BCUT2D eigenvalue weighted by Gasteiger charge is -2.16. The van der Waals surface area contributed by atoms with E-state index in [1.54, 1.807) is 24.3 Å². The summed E-state index contributed by atoms with van der Waals surface area (Å²) < 4.78 is 0. The molecule has 1 aliphatic heterocycles. The molecular weight excluding hydrogens is 352 g/mol. The van der Waals surface area contributed by atoms with E-state index >= 15 is 0 Å². The maximum absolute atomic E-state index is 12.3. The Labute approximate surface area is 154 Å². The zero-order valence-corrected chi connectivity index (χ0v) is 14.1. The highest BCUT2D eigenvalue weighted by molar-refractivity contribution is 6.01. The van der Waals surface area contributed by atoms with Crippen LogP contribution in [0, 0.1) is 16.0 Å². The standard InChI is InChI=1S/C18H16N4O5/c23-16-10-13(11-21(16)14-4-2-1-3-5-14)18(25)20-19-17(24)12-6-8-15(9-7-12)22(26)27/h1-9,13H,10-11H2,(H,19,24)(H,20,25)/t13-/m0/s1. The molecule has 0 spiro atoms. The van der Waals surface area contributed by atoms with E-state index in [2.05, 4.69) is 10.9 Å². The summed E-state index contributed by atoms with van der Waals surface area (Å²) in [5.74, 6) is -1.84. The molecule has 9 nitrogen and oxygen atoms in total. The van der Waals surface area contributed by atoms with E-state index in [1.807, 2.05) is 6.07 Å². The van der Waals surface area contributed by atoms with Crippen molar-refractivity contribution in [2.24, 2.45) is 5.92 Å². The van der Waals surface area contributed by atoms with Gasteiger partial charge in [0.15, 0.2) is 0 Å². The number of para-hydroxylation sites is 1. The van der Waals surface area contributed by atoms with Crippen molar-refractivity contribution in [2.45, 2.75) is 6.42 Å². The normalized spacial score (nSPS) is 16.1. The largest absolute Gasteiger partial charge is 0.312 e. The first-order valence-corrected chi connectivity index (χ1v) is 8.16. The molecule has 0 radical (unpaired) electrons. The molecule has 2 aromatic rings. The van der Waals surface area contributed by atoms with Gasteiger partial charge in [-0.25, -0.2) is 0 Å². The maximum Gasteiger partial charge on any atom is 0.269 e. The summed E-state index contributed by atoms with van der Waals surface area (Å²) >= 11 is 0. The average Bonchev–Trinajstić information content (AvgIpc) is 3.08. The molecule has 0 aliphatic carbocycles. The number of nitrogens with zero attached hydrogens (tertiary/aromatic N) is 2. The van der Waals surface area contributed by atoms with Gasteiger partial charge in [0.25, 0.3) is 11.6 Å². The van der Waals surface area contributed by atoms with Crippen LogP contribution in [0.1, 0.15) is 16.8 Å². The second-order valence-corrected chi connectivity index (χ2v) is 5.99. The fourth-order valence-electron chi connectivity index (χ4n) is 2.77. The third-order valence-corrected chi connectivity index (χ3v) is 4.20. The van der Waals surface area contributed by atoms with Crippen LogP contribution < -0.4 is 15.8 Å². The molecule has 2 N–H and O–H groups in total. The van der Waals surface area contributed by atoms with Crippen molar-refractivity contribution in [2.75, 3.05) is 11.4 Å². The Hall–Kier alpha value is -3.75. The molecule has 1 saturated heterocycles. The first-order valence-electron chi connectivity index (χ1n) is 8.16. The van der Waals surface area contributed by atoms with Crippen molar-refractivity contribution in [1.82, 2.24) is 10.9 Å². The van der Waals surface area contributed by atoms with E-state index in [9.17, 15) is 24.5 Å². The molecule has 1 fully saturated rings. The van der Waals surface area contributed by atoms with Crippen LogP contribution in [-0.2, 0) is 9.59 Å². The van der Waals surface area contributed by atoms with Crippen LogP contribution in [0.5, 0.6) is 0 Å². The summed E-state index contributed by atoms with van der Waals surface area (Å²) in [6.45, 7) is 0.224. The molecule has 2 aromatic carbocycles. The number of hydrogen-bond acceptors (Lipinski definition) is 5. The molecule has 1 aliphatic rings. The van der Waals surface area contributed by atoms with Crippen molar-refractivity contribution >= 4 is 29.1 Å². The van der Waals surface area contributed by atoms with E-state index < -0.39 is 22.7 Å². The monoisotopic (exact) mass is 368 g/mol. The van der Waals surface area contributed by atoms with Gasteiger partial charge in [0.2, 0.25) is 11.8 Å². The minimum atomic E-state index is -0.609. The molecular formula is C18H16N4O5. The zero-order chi connectivity index (χ0) is 19.4. The van der Waals surface area contributed by atoms with Crippen molar-refractivity contribution < 1.29 is 19.3 Å². The first-order chi connectivity index (χ1) is 13.0. The van der Waals surface area contributed by atoms with Gasteiger partial charge in [-0.2, -0.15) is 0 Å². The van der Waals surface area contributed by atoms with Crippen LogP contribution >= 0.6 is 0 Å². The minimum absolute atomic E-state index is 0.0497.